The van der Waals surface area contributed by atoms with Crippen LogP contribution in [0.1, 0.15) is 74.0 Å². The number of aliphatic hydroxyl groups is 1. The molecule has 144 valence electrons. The normalized spacial score (nSPS) is 32.5. The lowest BCUT2D eigenvalue weighted by atomic mass is 9.78. The highest BCUT2D eigenvalue weighted by Gasteiger charge is 2.36. The van der Waals surface area contributed by atoms with Crippen LogP contribution in [0.25, 0.3) is 0 Å². The molecule has 0 radical (unpaired) electrons. The Hall–Kier alpha value is -0.900. The Morgan fingerprint density at radius 2 is 1.85 bits per heavy atom. The minimum absolute atomic E-state index is 0.114. The van der Waals surface area contributed by atoms with Gasteiger partial charge in [-0.15, -0.1) is 0 Å². The van der Waals surface area contributed by atoms with E-state index >= 15 is 0 Å². The molecular formula is C23H35NO2. The fourth-order valence-electron chi connectivity index (χ4n) is 5.44. The van der Waals surface area contributed by atoms with E-state index in [9.17, 15) is 5.11 Å². The van der Waals surface area contributed by atoms with E-state index in [1.54, 1.807) is 11.1 Å². The summed E-state index contributed by atoms with van der Waals surface area (Å²) in [5, 5.41) is 9.52. The molecule has 2 aliphatic carbocycles. The third-order valence-electron chi connectivity index (χ3n) is 7.31. The molecule has 3 heteroatoms. The highest BCUT2D eigenvalue weighted by molar-refractivity contribution is 5.36. The van der Waals surface area contributed by atoms with Gasteiger partial charge in [-0.3, -0.25) is 0 Å². The van der Waals surface area contributed by atoms with Crippen molar-refractivity contribution in [3.05, 3.63) is 34.9 Å². The Morgan fingerprint density at radius 3 is 2.62 bits per heavy atom. The Morgan fingerprint density at radius 1 is 1.04 bits per heavy atom. The van der Waals surface area contributed by atoms with Crippen LogP contribution >= 0.6 is 0 Å². The molecule has 2 fully saturated rings. The number of nitrogens with two attached hydrogens (primary N) is 1. The van der Waals surface area contributed by atoms with Crippen LogP contribution in [0.15, 0.2) is 18.2 Å². The number of rotatable bonds is 5. The number of aliphatic hydroxyl groups excluding tert-OH is 1. The van der Waals surface area contributed by atoms with Crippen molar-refractivity contribution in [2.45, 2.75) is 75.7 Å². The van der Waals surface area contributed by atoms with Crippen molar-refractivity contribution in [1.82, 2.24) is 0 Å². The zero-order chi connectivity index (χ0) is 18.0. The third-order valence-corrected chi connectivity index (χ3v) is 7.31. The largest absolute Gasteiger partial charge is 0.394 e. The van der Waals surface area contributed by atoms with Gasteiger partial charge in [0.15, 0.2) is 0 Å². The summed E-state index contributed by atoms with van der Waals surface area (Å²) in [7, 11) is 0. The predicted octanol–water partition coefficient (Wildman–Crippen LogP) is 3.96. The minimum atomic E-state index is -0.351. The summed E-state index contributed by atoms with van der Waals surface area (Å²) in [4.78, 5) is 0. The van der Waals surface area contributed by atoms with E-state index < -0.39 is 0 Å². The molecule has 1 aliphatic heterocycles. The SMILES string of the molecule is N[C@]1(CO)CC[C@H](c2ccc3c(c2)CC[C@@H](CCC2CCOCC2)C3)C1. The Labute approximate surface area is 158 Å². The van der Waals surface area contributed by atoms with E-state index in [1.807, 2.05) is 0 Å². The number of ether oxygens (including phenoxy) is 1. The lowest BCUT2D eigenvalue weighted by Gasteiger charge is -2.28. The summed E-state index contributed by atoms with van der Waals surface area (Å²) >= 11 is 0. The molecule has 0 unspecified atom stereocenters. The fourth-order valence-corrected chi connectivity index (χ4v) is 5.44. The van der Waals surface area contributed by atoms with Gasteiger partial charge in [0, 0.05) is 18.8 Å². The maximum Gasteiger partial charge on any atom is 0.0611 e. The average Bonchev–Trinajstić information content (AvgIpc) is 3.09. The molecule has 0 aromatic heterocycles. The van der Waals surface area contributed by atoms with E-state index in [4.69, 9.17) is 10.5 Å². The first kappa shape index (κ1) is 18.5. The monoisotopic (exact) mass is 357 g/mol. The Balaban J connectivity index is 1.34. The van der Waals surface area contributed by atoms with Gasteiger partial charge in [0.2, 0.25) is 0 Å². The second-order valence-electron chi connectivity index (χ2n) is 9.23. The number of hydrogen-bond donors (Lipinski definition) is 2. The van der Waals surface area contributed by atoms with Crippen LogP contribution in [-0.4, -0.2) is 30.5 Å². The molecule has 0 spiro atoms. The first-order valence-electron chi connectivity index (χ1n) is 10.7. The molecule has 1 aromatic rings. The summed E-state index contributed by atoms with van der Waals surface area (Å²) in [5.41, 5.74) is 10.5. The molecule has 0 bridgehead atoms. The van der Waals surface area contributed by atoms with E-state index in [-0.39, 0.29) is 12.1 Å². The van der Waals surface area contributed by atoms with Crippen LogP contribution in [0.5, 0.6) is 0 Å². The maximum atomic E-state index is 9.52. The van der Waals surface area contributed by atoms with Gasteiger partial charge in [0.25, 0.3) is 0 Å². The molecule has 1 aromatic carbocycles. The smallest absolute Gasteiger partial charge is 0.0611 e. The predicted molar refractivity (Wildman–Crippen MR) is 105 cm³/mol. The summed E-state index contributed by atoms with van der Waals surface area (Å²) in [6, 6.07) is 7.19. The molecule has 1 saturated carbocycles. The van der Waals surface area contributed by atoms with Crippen LogP contribution in [-0.2, 0) is 17.6 Å². The van der Waals surface area contributed by atoms with Crippen LogP contribution < -0.4 is 5.73 Å². The van der Waals surface area contributed by atoms with Gasteiger partial charge in [-0.25, -0.2) is 0 Å². The molecule has 1 heterocycles. The molecule has 3 N–H and O–H groups in total. The van der Waals surface area contributed by atoms with Crippen LogP contribution in [0.4, 0.5) is 0 Å². The van der Waals surface area contributed by atoms with Crippen molar-refractivity contribution in [2.75, 3.05) is 19.8 Å². The van der Waals surface area contributed by atoms with Crippen molar-refractivity contribution in [3.8, 4) is 0 Å². The standard InChI is InChI=1S/C23H35NO2/c24-23(16-25)10-7-22(15-23)21-6-5-19-13-18(3-4-20(19)14-21)2-1-17-8-11-26-12-9-17/h5-6,14,17-18,22,25H,1-4,7-13,15-16,24H2/t18-,22+,23-/m1/s1. The fraction of sp³-hybridized carbons (Fsp3) is 0.739. The summed E-state index contributed by atoms with van der Waals surface area (Å²) < 4.78 is 5.49. The molecular weight excluding hydrogens is 322 g/mol. The van der Waals surface area contributed by atoms with E-state index in [0.29, 0.717) is 5.92 Å². The Kier molecular flexibility index (Phi) is 5.68. The molecule has 3 nitrogen and oxygen atoms in total. The second kappa shape index (κ2) is 8.00. The van der Waals surface area contributed by atoms with E-state index in [1.165, 1.54) is 50.5 Å². The van der Waals surface area contributed by atoms with Crippen molar-refractivity contribution < 1.29 is 9.84 Å². The van der Waals surface area contributed by atoms with Gasteiger partial charge < -0.3 is 15.6 Å². The molecule has 4 rings (SSSR count). The van der Waals surface area contributed by atoms with Crippen molar-refractivity contribution in [2.24, 2.45) is 17.6 Å². The molecule has 0 amide bonds. The molecule has 1 saturated heterocycles. The highest BCUT2D eigenvalue weighted by Crippen LogP contribution is 2.41. The second-order valence-corrected chi connectivity index (χ2v) is 9.23. The maximum absolute atomic E-state index is 9.52. The van der Waals surface area contributed by atoms with Crippen molar-refractivity contribution >= 4 is 0 Å². The van der Waals surface area contributed by atoms with Gasteiger partial charge >= 0.3 is 0 Å². The zero-order valence-electron chi connectivity index (χ0n) is 16.1. The number of aryl methyl sites for hydroxylation is 1. The summed E-state index contributed by atoms with van der Waals surface area (Å²) in [6.07, 6.45) is 12.2. The highest BCUT2D eigenvalue weighted by atomic mass is 16.5. The molecule has 3 atom stereocenters. The van der Waals surface area contributed by atoms with E-state index in [0.717, 1.165) is 44.3 Å². The van der Waals surface area contributed by atoms with E-state index in [2.05, 4.69) is 18.2 Å². The number of hydrogen-bond acceptors (Lipinski definition) is 3. The van der Waals surface area contributed by atoms with Crippen LogP contribution in [0.3, 0.4) is 0 Å². The van der Waals surface area contributed by atoms with Gasteiger partial charge in [-0.1, -0.05) is 24.6 Å². The first-order valence-corrected chi connectivity index (χ1v) is 10.7. The lowest BCUT2D eigenvalue weighted by molar-refractivity contribution is 0.0616. The molecule has 26 heavy (non-hydrogen) atoms. The average molecular weight is 358 g/mol. The first-order chi connectivity index (χ1) is 12.6. The van der Waals surface area contributed by atoms with Gasteiger partial charge in [0.05, 0.1) is 6.61 Å². The third kappa shape index (κ3) is 4.16. The quantitative estimate of drug-likeness (QED) is 0.839. The Bertz CT molecular complexity index is 610. The van der Waals surface area contributed by atoms with Crippen LogP contribution in [0, 0.1) is 11.8 Å². The van der Waals surface area contributed by atoms with Gasteiger partial charge in [-0.2, -0.15) is 0 Å². The number of benzene rings is 1. The van der Waals surface area contributed by atoms with Gasteiger partial charge in [-0.05, 0) is 92.2 Å². The van der Waals surface area contributed by atoms with Crippen LogP contribution in [0.2, 0.25) is 0 Å². The van der Waals surface area contributed by atoms with Gasteiger partial charge in [0.1, 0.15) is 0 Å². The summed E-state index contributed by atoms with van der Waals surface area (Å²) in [6.45, 7) is 2.06. The lowest BCUT2D eigenvalue weighted by Crippen LogP contribution is -2.40. The van der Waals surface area contributed by atoms with Crippen molar-refractivity contribution in [3.63, 3.8) is 0 Å². The minimum Gasteiger partial charge on any atom is -0.394 e. The van der Waals surface area contributed by atoms with Crippen molar-refractivity contribution in [1.29, 1.82) is 0 Å². The number of fused-ring (bicyclic) bond motifs is 1. The zero-order valence-corrected chi connectivity index (χ0v) is 16.1. The topological polar surface area (TPSA) is 55.5 Å². The summed E-state index contributed by atoms with van der Waals surface area (Å²) in [5.74, 6) is 2.30. The molecule has 3 aliphatic rings.